The summed E-state index contributed by atoms with van der Waals surface area (Å²) in [6.07, 6.45) is 35.3. The van der Waals surface area contributed by atoms with E-state index in [4.69, 9.17) is 14.8 Å². The summed E-state index contributed by atoms with van der Waals surface area (Å²) < 4.78 is 22.0. The molecule has 5 N–H and O–H groups in total. The number of nitrogens with two attached hydrogens (primary N) is 1. The summed E-state index contributed by atoms with van der Waals surface area (Å²) >= 11 is 0. The Balaban J connectivity index is 4.29. The second-order valence-corrected chi connectivity index (χ2v) is 14.6. The standard InChI is InChI=1S/C37H75N2O6P/c1-3-5-7-9-11-13-15-17-19-21-23-25-27-29-31-37(41)39-35(34-45-46(42,43)44-33-32-38)36(40)30-28-26-24-22-20-18-16-14-12-10-8-6-4-2/h28,30,35-36,40H,3-27,29,31-34,38H2,1-2H3,(H,39,41)(H,42,43)/b30-28+. The number of nitrogens with one attached hydrogen (secondary N) is 1. The highest BCUT2D eigenvalue weighted by Gasteiger charge is 2.26. The monoisotopic (exact) mass is 675 g/mol. The van der Waals surface area contributed by atoms with Crippen molar-refractivity contribution in [1.82, 2.24) is 5.32 Å². The second kappa shape index (κ2) is 34.1. The maximum Gasteiger partial charge on any atom is 0.472 e. The van der Waals surface area contributed by atoms with E-state index in [1.54, 1.807) is 6.08 Å². The lowest BCUT2D eigenvalue weighted by molar-refractivity contribution is -0.123. The van der Waals surface area contributed by atoms with Gasteiger partial charge in [0.05, 0.1) is 25.4 Å². The van der Waals surface area contributed by atoms with Crippen molar-refractivity contribution in [3.05, 3.63) is 12.2 Å². The molecule has 9 heteroatoms. The number of aliphatic hydroxyl groups is 1. The maximum absolute atomic E-state index is 12.7. The van der Waals surface area contributed by atoms with Gasteiger partial charge in [0.1, 0.15) is 0 Å². The van der Waals surface area contributed by atoms with Crippen LogP contribution in [-0.4, -0.2) is 47.8 Å². The van der Waals surface area contributed by atoms with E-state index in [1.165, 1.54) is 128 Å². The third kappa shape index (κ3) is 31.8. The fourth-order valence-corrected chi connectivity index (χ4v) is 6.42. The van der Waals surface area contributed by atoms with E-state index >= 15 is 0 Å². The van der Waals surface area contributed by atoms with Crippen LogP contribution in [0.15, 0.2) is 12.2 Å². The first-order valence-electron chi connectivity index (χ1n) is 19.3. The van der Waals surface area contributed by atoms with E-state index in [9.17, 15) is 19.4 Å². The van der Waals surface area contributed by atoms with E-state index in [0.29, 0.717) is 6.42 Å². The zero-order valence-corrected chi connectivity index (χ0v) is 31.0. The molecule has 1 amide bonds. The van der Waals surface area contributed by atoms with Crippen LogP contribution in [0, 0.1) is 0 Å². The van der Waals surface area contributed by atoms with Gasteiger partial charge in [0.2, 0.25) is 5.91 Å². The first kappa shape index (κ1) is 45.2. The Kier molecular flexibility index (Phi) is 33.6. The quantitative estimate of drug-likeness (QED) is 0.0295. The molecular weight excluding hydrogens is 599 g/mol. The molecule has 3 unspecified atom stereocenters. The fourth-order valence-electron chi connectivity index (χ4n) is 5.66. The number of rotatable bonds is 36. The van der Waals surface area contributed by atoms with E-state index in [2.05, 4.69) is 19.2 Å². The highest BCUT2D eigenvalue weighted by molar-refractivity contribution is 7.47. The number of unbranched alkanes of at least 4 members (excludes halogenated alkanes) is 24. The fraction of sp³-hybridized carbons (Fsp3) is 0.919. The van der Waals surface area contributed by atoms with Crippen LogP contribution in [0.25, 0.3) is 0 Å². The summed E-state index contributed by atoms with van der Waals surface area (Å²) in [4.78, 5) is 22.6. The minimum atomic E-state index is -4.33. The van der Waals surface area contributed by atoms with Crippen molar-refractivity contribution in [3.8, 4) is 0 Å². The highest BCUT2D eigenvalue weighted by atomic mass is 31.2. The zero-order chi connectivity index (χ0) is 34.0. The van der Waals surface area contributed by atoms with Crippen LogP contribution in [0.1, 0.15) is 187 Å². The number of carbonyl (C=O) groups excluding carboxylic acids is 1. The molecule has 0 aliphatic rings. The van der Waals surface area contributed by atoms with E-state index in [-0.39, 0.29) is 25.7 Å². The minimum absolute atomic E-state index is 0.0810. The van der Waals surface area contributed by atoms with Crippen molar-refractivity contribution in [1.29, 1.82) is 0 Å². The molecule has 0 aromatic heterocycles. The third-order valence-corrected chi connectivity index (χ3v) is 9.60. The first-order chi connectivity index (χ1) is 22.4. The van der Waals surface area contributed by atoms with Crippen molar-refractivity contribution in [2.24, 2.45) is 5.73 Å². The molecule has 8 nitrogen and oxygen atoms in total. The summed E-state index contributed by atoms with van der Waals surface area (Å²) in [5.41, 5.74) is 5.35. The largest absolute Gasteiger partial charge is 0.472 e. The Labute approximate surface area is 284 Å². The van der Waals surface area contributed by atoms with Crippen LogP contribution in [0.2, 0.25) is 0 Å². The molecule has 0 heterocycles. The smallest absolute Gasteiger partial charge is 0.387 e. The summed E-state index contributed by atoms with van der Waals surface area (Å²) in [7, 11) is -4.33. The highest BCUT2D eigenvalue weighted by Crippen LogP contribution is 2.43. The van der Waals surface area contributed by atoms with Crippen LogP contribution in [0.4, 0.5) is 0 Å². The summed E-state index contributed by atoms with van der Waals surface area (Å²) in [6, 6.07) is -0.852. The molecule has 3 atom stereocenters. The number of aliphatic hydroxyl groups excluding tert-OH is 1. The van der Waals surface area contributed by atoms with Gasteiger partial charge in [0, 0.05) is 13.0 Å². The van der Waals surface area contributed by atoms with Crippen molar-refractivity contribution < 1.29 is 28.4 Å². The van der Waals surface area contributed by atoms with Crippen molar-refractivity contribution in [2.75, 3.05) is 19.8 Å². The molecule has 0 spiro atoms. The van der Waals surface area contributed by atoms with Crippen LogP contribution < -0.4 is 11.1 Å². The minimum Gasteiger partial charge on any atom is -0.387 e. The normalized spacial score (nSPS) is 14.5. The van der Waals surface area contributed by atoms with Gasteiger partial charge in [-0.15, -0.1) is 0 Å². The van der Waals surface area contributed by atoms with Crippen LogP contribution >= 0.6 is 7.82 Å². The molecule has 0 radical (unpaired) electrons. The molecule has 0 aliphatic carbocycles. The molecular formula is C37H75N2O6P. The molecule has 0 bridgehead atoms. The number of hydrogen-bond acceptors (Lipinski definition) is 6. The number of phosphoric acid groups is 1. The maximum atomic E-state index is 12.7. The topological polar surface area (TPSA) is 131 Å². The first-order valence-corrected chi connectivity index (χ1v) is 20.8. The number of phosphoric ester groups is 1. The average Bonchev–Trinajstić information content (AvgIpc) is 3.04. The summed E-state index contributed by atoms with van der Waals surface area (Å²) in [6.45, 7) is 4.13. The average molecular weight is 675 g/mol. The van der Waals surface area contributed by atoms with Gasteiger partial charge in [-0.05, 0) is 19.3 Å². The molecule has 274 valence electrons. The molecule has 46 heavy (non-hydrogen) atoms. The molecule has 0 rings (SSSR count). The molecule has 0 fully saturated rings. The molecule has 0 aromatic rings. The second-order valence-electron chi connectivity index (χ2n) is 13.1. The van der Waals surface area contributed by atoms with Crippen LogP contribution in [-0.2, 0) is 18.4 Å². The number of amides is 1. The Morgan fingerprint density at radius 1 is 0.696 bits per heavy atom. The van der Waals surface area contributed by atoms with Gasteiger partial charge in [0.15, 0.2) is 0 Å². The number of allylic oxidation sites excluding steroid dienone is 1. The summed E-state index contributed by atoms with van der Waals surface area (Å²) in [5.74, 6) is -0.194. The number of hydrogen-bond donors (Lipinski definition) is 4. The van der Waals surface area contributed by atoms with Crippen molar-refractivity contribution in [3.63, 3.8) is 0 Å². The van der Waals surface area contributed by atoms with Gasteiger partial charge < -0.3 is 21.1 Å². The van der Waals surface area contributed by atoms with Crippen molar-refractivity contribution >= 4 is 13.7 Å². The van der Waals surface area contributed by atoms with Gasteiger partial charge >= 0.3 is 7.82 Å². The predicted octanol–water partition coefficient (Wildman–Crippen LogP) is 10.1. The van der Waals surface area contributed by atoms with E-state index < -0.39 is 20.0 Å². The van der Waals surface area contributed by atoms with Gasteiger partial charge in [-0.25, -0.2) is 4.57 Å². The Morgan fingerprint density at radius 2 is 1.11 bits per heavy atom. The van der Waals surface area contributed by atoms with Crippen LogP contribution in [0.5, 0.6) is 0 Å². The Bertz CT molecular complexity index is 739. The van der Waals surface area contributed by atoms with Gasteiger partial charge in [0.25, 0.3) is 0 Å². The van der Waals surface area contributed by atoms with Gasteiger partial charge in [-0.2, -0.15) is 0 Å². The summed E-state index contributed by atoms with van der Waals surface area (Å²) in [5, 5.41) is 13.6. The lowest BCUT2D eigenvalue weighted by atomic mass is 10.0. The van der Waals surface area contributed by atoms with Gasteiger partial charge in [-0.3, -0.25) is 13.8 Å². The Morgan fingerprint density at radius 3 is 1.54 bits per heavy atom. The SMILES string of the molecule is CCCCCCCCCCCCC/C=C/C(O)C(COP(=O)(O)OCCN)NC(=O)CCCCCCCCCCCCCCCC. The lowest BCUT2D eigenvalue weighted by Gasteiger charge is -2.23. The van der Waals surface area contributed by atoms with Crippen molar-refractivity contribution in [2.45, 2.75) is 199 Å². The third-order valence-electron chi connectivity index (χ3n) is 8.61. The van der Waals surface area contributed by atoms with Crippen LogP contribution in [0.3, 0.4) is 0 Å². The van der Waals surface area contributed by atoms with E-state index in [1.807, 2.05) is 6.08 Å². The van der Waals surface area contributed by atoms with Gasteiger partial charge in [-0.1, -0.05) is 174 Å². The Hall–Kier alpha value is -0.760. The lowest BCUT2D eigenvalue weighted by Crippen LogP contribution is -2.45. The molecule has 0 saturated heterocycles. The zero-order valence-electron chi connectivity index (χ0n) is 30.1. The molecule has 0 aliphatic heterocycles. The molecule has 0 saturated carbocycles. The van der Waals surface area contributed by atoms with E-state index in [0.717, 1.165) is 38.5 Å². The molecule has 0 aromatic carbocycles. The number of carbonyl (C=O) groups is 1. The predicted molar refractivity (Wildman–Crippen MR) is 194 cm³/mol.